The zero-order valence-electron chi connectivity index (χ0n) is 9.66. The summed E-state index contributed by atoms with van der Waals surface area (Å²) in [5, 5.41) is 17.8. The Balaban J connectivity index is 2.50. The first-order valence-electron chi connectivity index (χ1n) is 5.48. The summed E-state index contributed by atoms with van der Waals surface area (Å²) in [6, 6.07) is 0. The van der Waals surface area contributed by atoms with Gasteiger partial charge < -0.3 is 10.2 Å². The zero-order chi connectivity index (χ0) is 13.1. The standard InChI is InChI=1S/C9H18N2O5S/c1-7(12)6-10-17(15,16)11-4-2-8(3-5-11)9(13)14/h7-8,10,12H,2-6H2,1H3,(H,13,14). The molecule has 1 saturated heterocycles. The Hall–Kier alpha value is -0.700. The summed E-state index contributed by atoms with van der Waals surface area (Å²) in [6.07, 6.45) is -0.100. The van der Waals surface area contributed by atoms with Crippen LogP contribution >= 0.6 is 0 Å². The molecule has 7 nitrogen and oxygen atoms in total. The lowest BCUT2D eigenvalue weighted by molar-refractivity contribution is -0.142. The van der Waals surface area contributed by atoms with Gasteiger partial charge in [-0.05, 0) is 19.8 Å². The molecule has 0 aliphatic carbocycles. The van der Waals surface area contributed by atoms with Crippen LogP contribution in [0.4, 0.5) is 0 Å². The van der Waals surface area contributed by atoms with E-state index in [9.17, 15) is 13.2 Å². The number of hydrogen-bond donors (Lipinski definition) is 3. The lowest BCUT2D eigenvalue weighted by atomic mass is 9.99. The summed E-state index contributed by atoms with van der Waals surface area (Å²) in [6.45, 7) is 1.85. The molecule has 0 aromatic rings. The summed E-state index contributed by atoms with van der Waals surface area (Å²) in [4.78, 5) is 10.7. The molecule has 1 aliphatic heterocycles. The minimum absolute atomic E-state index is 0.0405. The summed E-state index contributed by atoms with van der Waals surface area (Å²) < 4.78 is 26.9. The van der Waals surface area contributed by atoms with Crippen molar-refractivity contribution in [1.29, 1.82) is 0 Å². The molecule has 100 valence electrons. The van der Waals surface area contributed by atoms with Crippen molar-refractivity contribution >= 4 is 16.2 Å². The van der Waals surface area contributed by atoms with E-state index in [1.54, 1.807) is 0 Å². The van der Waals surface area contributed by atoms with E-state index in [1.807, 2.05) is 0 Å². The van der Waals surface area contributed by atoms with E-state index in [0.717, 1.165) is 0 Å². The molecule has 0 aromatic carbocycles. The molecule has 3 N–H and O–H groups in total. The van der Waals surface area contributed by atoms with Crippen LogP contribution in [0.5, 0.6) is 0 Å². The molecule has 1 atom stereocenters. The molecule has 0 radical (unpaired) electrons. The highest BCUT2D eigenvalue weighted by Gasteiger charge is 2.30. The third-order valence-corrected chi connectivity index (χ3v) is 4.28. The lowest BCUT2D eigenvalue weighted by Gasteiger charge is -2.29. The van der Waals surface area contributed by atoms with Crippen LogP contribution in [0.25, 0.3) is 0 Å². The largest absolute Gasteiger partial charge is 0.481 e. The second-order valence-electron chi connectivity index (χ2n) is 4.21. The minimum atomic E-state index is -3.60. The molecule has 1 heterocycles. The van der Waals surface area contributed by atoms with Gasteiger partial charge in [0, 0.05) is 19.6 Å². The van der Waals surface area contributed by atoms with Crippen LogP contribution in [0.2, 0.25) is 0 Å². The highest BCUT2D eigenvalue weighted by Crippen LogP contribution is 2.18. The number of rotatable bonds is 5. The van der Waals surface area contributed by atoms with Gasteiger partial charge in [-0.2, -0.15) is 17.4 Å². The number of carboxylic acid groups (broad SMARTS) is 1. The summed E-state index contributed by atoms with van der Waals surface area (Å²) in [5.41, 5.74) is 0. The number of nitrogens with one attached hydrogen (secondary N) is 1. The van der Waals surface area contributed by atoms with Gasteiger partial charge in [0.1, 0.15) is 0 Å². The van der Waals surface area contributed by atoms with Crippen LogP contribution in [0, 0.1) is 5.92 Å². The molecule has 1 unspecified atom stereocenters. The predicted octanol–water partition coefficient (Wildman–Crippen LogP) is -1.00. The van der Waals surface area contributed by atoms with Crippen molar-refractivity contribution in [1.82, 2.24) is 9.03 Å². The average molecular weight is 266 g/mol. The number of aliphatic hydroxyl groups is 1. The maximum atomic E-state index is 11.7. The quantitative estimate of drug-likeness (QED) is 0.591. The number of aliphatic carboxylic acids is 1. The van der Waals surface area contributed by atoms with Gasteiger partial charge in [0.25, 0.3) is 10.2 Å². The van der Waals surface area contributed by atoms with Crippen molar-refractivity contribution in [3.63, 3.8) is 0 Å². The SMILES string of the molecule is CC(O)CNS(=O)(=O)N1CCC(C(=O)O)CC1. The maximum Gasteiger partial charge on any atom is 0.306 e. The Labute approximate surface area is 101 Å². The molecule has 1 aliphatic rings. The van der Waals surface area contributed by atoms with Crippen LogP contribution in [-0.2, 0) is 15.0 Å². The number of carbonyl (C=O) groups is 1. The summed E-state index contributed by atoms with van der Waals surface area (Å²) >= 11 is 0. The van der Waals surface area contributed by atoms with Crippen LogP contribution in [-0.4, -0.2) is 54.6 Å². The van der Waals surface area contributed by atoms with E-state index >= 15 is 0 Å². The van der Waals surface area contributed by atoms with E-state index in [-0.39, 0.29) is 19.6 Å². The third kappa shape index (κ3) is 4.23. The number of piperidine rings is 1. The van der Waals surface area contributed by atoms with E-state index in [4.69, 9.17) is 10.2 Å². The lowest BCUT2D eigenvalue weighted by Crippen LogP contribution is -2.47. The Morgan fingerprint density at radius 1 is 1.47 bits per heavy atom. The first-order chi connectivity index (χ1) is 7.83. The normalized spacial score (nSPS) is 21.3. The van der Waals surface area contributed by atoms with Crippen molar-refractivity contribution in [3.05, 3.63) is 0 Å². The summed E-state index contributed by atoms with van der Waals surface area (Å²) in [5.74, 6) is -1.34. The smallest absolute Gasteiger partial charge is 0.306 e. The fourth-order valence-electron chi connectivity index (χ4n) is 1.66. The fourth-order valence-corrected chi connectivity index (χ4v) is 2.99. The average Bonchev–Trinajstić information content (AvgIpc) is 2.27. The van der Waals surface area contributed by atoms with Gasteiger partial charge in [-0.15, -0.1) is 0 Å². The van der Waals surface area contributed by atoms with Crippen LogP contribution < -0.4 is 4.72 Å². The van der Waals surface area contributed by atoms with Gasteiger partial charge in [0.2, 0.25) is 0 Å². The van der Waals surface area contributed by atoms with Crippen LogP contribution in [0.1, 0.15) is 19.8 Å². The topological polar surface area (TPSA) is 107 Å². The minimum Gasteiger partial charge on any atom is -0.481 e. The number of carboxylic acids is 1. The molecule has 1 fully saturated rings. The van der Waals surface area contributed by atoms with E-state index in [2.05, 4.69) is 4.72 Å². The second-order valence-corrected chi connectivity index (χ2v) is 5.97. The van der Waals surface area contributed by atoms with E-state index in [1.165, 1.54) is 11.2 Å². The summed E-state index contributed by atoms with van der Waals surface area (Å²) in [7, 11) is -3.60. The Morgan fingerprint density at radius 2 is 2.00 bits per heavy atom. The Kier molecular flexibility index (Phi) is 4.87. The van der Waals surface area contributed by atoms with Crippen molar-refractivity contribution in [3.8, 4) is 0 Å². The van der Waals surface area contributed by atoms with Gasteiger partial charge in [-0.3, -0.25) is 4.79 Å². The highest BCUT2D eigenvalue weighted by atomic mass is 32.2. The molecule has 0 spiro atoms. The first kappa shape index (κ1) is 14.4. The van der Waals surface area contributed by atoms with Gasteiger partial charge in [0.15, 0.2) is 0 Å². The Morgan fingerprint density at radius 3 is 2.41 bits per heavy atom. The van der Waals surface area contributed by atoms with Gasteiger partial charge in [0.05, 0.1) is 12.0 Å². The maximum absolute atomic E-state index is 11.7. The van der Waals surface area contributed by atoms with Gasteiger partial charge in [-0.1, -0.05) is 0 Å². The molecule has 1 rings (SSSR count). The molecule has 0 amide bonds. The van der Waals surface area contributed by atoms with Crippen LogP contribution in [0.15, 0.2) is 0 Å². The van der Waals surface area contributed by atoms with Gasteiger partial charge >= 0.3 is 5.97 Å². The van der Waals surface area contributed by atoms with E-state index in [0.29, 0.717) is 12.8 Å². The van der Waals surface area contributed by atoms with Crippen molar-refractivity contribution in [2.45, 2.75) is 25.9 Å². The second kappa shape index (κ2) is 5.76. The van der Waals surface area contributed by atoms with Crippen LogP contribution in [0.3, 0.4) is 0 Å². The van der Waals surface area contributed by atoms with Gasteiger partial charge in [-0.25, -0.2) is 0 Å². The molecule has 17 heavy (non-hydrogen) atoms. The predicted molar refractivity (Wildman–Crippen MR) is 60.5 cm³/mol. The number of nitrogens with zero attached hydrogens (tertiary/aromatic N) is 1. The molecule has 0 aromatic heterocycles. The first-order valence-corrected chi connectivity index (χ1v) is 6.92. The number of hydrogen-bond acceptors (Lipinski definition) is 4. The molecular formula is C9H18N2O5S. The molecule has 8 heteroatoms. The van der Waals surface area contributed by atoms with Crippen molar-refractivity contribution < 1.29 is 23.4 Å². The highest BCUT2D eigenvalue weighted by molar-refractivity contribution is 7.87. The third-order valence-electron chi connectivity index (χ3n) is 2.70. The fraction of sp³-hybridized carbons (Fsp3) is 0.889. The number of aliphatic hydroxyl groups excluding tert-OH is 1. The molecule has 0 saturated carbocycles. The molecule has 0 bridgehead atoms. The van der Waals surface area contributed by atoms with E-state index < -0.39 is 28.2 Å². The monoisotopic (exact) mass is 266 g/mol. The van der Waals surface area contributed by atoms with Crippen molar-refractivity contribution in [2.24, 2.45) is 5.92 Å². The molecular weight excluding hydrogens is 248 g/mol. The van der Waals surface area contributed by atoms with Crippen molar-refractivity contribution in [2.75, 3.05) is 19.6 Å². The Bertz CT molecular complexity index is 360. The zero-order valence-corrected chi connectivity index (χ0v) is 10.5.